The highest BCUT2D eigenvalue weighted by Crippen LogP contribution is 2.36. The van der Waals surface area contributed by atoms with Gasteiger partial charge in [-0.2, -0.15) is 0 Å². The van der Waals surface area contributed by atoms with Crippen molar-refractivity contribution in [1.29, 1.82) is 0 Å². The number of nitrogens with zero attached hydrogens (tertiary/aromatic N) is 4. The van der Waals surface area contributed by atoms with Crippen molar-refractivity contribution in [2.75, 3.05) is 18.2 Å². The van der Waals surface area contributed by atoms with Crippen LogP contribution in [0.1, 0.15) is 5.56 Å². The van der Waals surface area contributed by atoms with Crippen molar-refractivity contribution in [2.24, 2.45) is 0 Å². The van der Waals surface area contributed by atoms with Crippen molar-refractivity contribution >= 4 is 44.3 Å². The summed E-state index contributed by atoms with van der Waals surface area (Å²) in [6, 6.07) is 30.5. The average Bonchev–Trinajstić information content (AvgIpc) is 3.64. The highest BCUT2D eigenvalue weighted by atomic mass is 32.2. The van der Waals surface area contributed by atoms with Crippen LogP contribution in [0.4, 0.5) is 5.69 Å². The number of aryl methyl sites for hydroxylation is 1. The number of aromatic nitrogens is 4. The summed E-state index contributed by atoms with van der Waals surface area (Å²) < 4.78 is 36.1. The largest absolute Gasteiger partial charge is 0.497 e. The first-order valence-corrected chi connectivity index (χ1v) is 15.8. The van der Waals surface area contributed by atoms with E-state index in [-0.39, 0.29) is 16.6 Å². The fourth-order valence-electron chi connectivity index (χ4n) is 4.78. The fourth-order valence-corrected chi connectivity index (χ4v) is 6.93. The Morgan fingerprint density at radius 2 is 1.65 bits per heavy atom. The molecule has 0 aliphatic carbocycles. The third-order valence-electron chi connectivity index (χ3n) is 6.92. The maximum atomic E-state index is 13.7. The summed E-state index contributed by atoms with van der Waals surface area (Å²) in [6.45, 7) is 1.93. The number of amides is 1. The van der Waals surface area contributed by atoms with Gasteiger partial charge in [-0.1, -0.05) is 72.4 Å². The van der Waals surface area contributed by atoms with E-state index in [2.05, 4.69) is 15.5 Å². The minimum Gasteiger partial charge on any atom is -0.497 e. The third-order valence-corrected chi connectivity index (χ3v) is 9.53. The van der Waals surface area contributed by atoms with Crippen LogP contribution in [-0.2, 0) is 14.8 Å². The van der Waals surface area contributed by atoms with Gasteiger partial charge in [-0.25, -0.2) is 12.4 Å². The molecule has 0 saturated heterocycles. The lowest BCUT2D eigenvalue weighted by Gasteiger charge is -2.12. The highest BCUT2D eigenvalue weighted by Gasteiger charge is 2.25. The van der Waals surface area contributed by atoms with Crippen molar-refractivity contribution < 1.29 is 17.9 Å². The summed E-state index contributed by atoms with van der Waals surface area (Å²) in [5.74, 6) is 0.944. The predicted molar refractivity (Wildman–Crippen MR) is 168 cm³/mol. The first-order chi connectivity index (χ1) is 20.9. The molecule has 0 spiro atoms. The van der Waals surface area contributed by atoms with Crippen molar-refractivity contribution in [3.63, 3.8) is 0 Å². The zero-order valence-corrected chi connectivity index (χ0v) is 25.0. The SMILES string of the molecule is COc1cccc(-n2c(SCC(=O)Nc3ccccc3C)nnc2-c2cn(S(=O)(=O)c3ccccc3)c3ccccc23)c1. The van der Waals surface area contributed by atoms with Gasteiger partial charge in [-0.3, -0.25) is 9.36 Å². The van der Waals surface area contributed by atoms with Crippen LogP contribution in [0.2, 0.25) is 0 Å². The van der Waals surface area contributed by atoms with E-state index in [0.29, 0.717) is 38.9 Å². The van der Waals surface area contributed by atoms with Crippen molar-refractivity contribution in [1.82, 2.24) is 18.7 Å². The van der Waals surface area contributed by atoms with Crippen LogP contribution in [-0.4, -0.2) is 45.9 Å². The maximum Gasteiger partial charge on any atom is 0.268 e. The van der Waals surface area contributed by atoms with E-state index in [0.717, 1.165) is 11.3 Å². The lowest BCUT2D eigenvalue weighted by molar-refractivity contribution is -0.113. The van der Waals surface area contributed by atoms with Crippen LogP contribution in [0.15, 0.2) is 119 Å². The summed E-state index contributed by atoms with van der Waals surface area (Å²) >= 11 is 1.23. The summed E-state index contributed by atoms with van der Waals surface area (Å²) in [5.41, 5.74) is 3.49. The van der Waals surface area contributed by atoms with Gasteiger partial charge in [0, 0.05) is 28.9 Å². The van der Waals surface area contributed by atoms with E-state index < -0.39 is 10.0 Å². The van der Waals surface area contributed by atoms with Crippen LogP contribution in [0.5, 0.6) is 5.75 Å². The smallest absolute Gasteiger partial charge is 0.268 e. The van der Waals surface area contributed by atoms with Crippen molar-refractivity contribution in [2.45, 2.75) is 17.0 Å². The minimum atomic E-state index is -3.91. The molecule has 1 N–H and O–H groups in total. The lowest BCUT2D eigenvalue weighted by atomic mass is 10.1. The van der Waals surface area contributed by atoms with Gasteiger partial charge in [0.1, 0.15) is 5.75 Å². The Labute approximate surface area is 253 Å². The van der Waals surface area contributed by atoms with Gasteiger partial charge in [0.2, 0.25) is 5.91 Å². The molecule has 6 aromatic rings. The van der Waals surface area contributed by atoms with E-state index in [1.807, 2.05) is 72.2 Å². The molecule has 1 amide bonds. The van der Waals surface area contributed by atoms with Crippen molar-refractivity contribution in [3.05, 3.63) is 115 Å². The molecular formula is C32H27N5O4S2. The lowest BCUT2D eigenvalue weighted by Crippen LogP contribution is -2.15. The number of rotatable bonds is 9. The van der Waals surface area contributed by atoms with Gasteiger partial charge in [0.05, 0.1) is 29.0 Å². The second-order valence-electron chi connectivity index (χ2n) is 9.67. The quantitative estimate of drug-likeness (QED) is 0.195. The Kier molecular flexibility index (Phi) is 7.75. The summed E-state index contributed by atoms with van der Waals surface area (Å²) in [4.78, 5) is 13.1. The number of nitrogens with one attached hydrogen (secondary N) is 1. The monoisotopic (exact) mass is 609 g/mol. The van der Waals surface area contributed by atoms with E-state index >= 15 is 0 Å². The molecule has 0 aliphatic heterocycles. The van der Waals surface area contributed by atoms with Crippen LogP contribution in [0.25, 0.3) is 28.0 Å². The second-order valence-corrected chi connectivity index (χ2v) is 12.4. The zero-order chi connectivity index (χ0) is 30.0. The molecule has 0 fully saturated rings. The predicted octanol–water partition coefficient (Wildman–Crippen LogP) is 6.17. The molecule has 11 heteroatoms. The van der Waals surface area contributed by atoms with Gasteiger partial charge >= 0.3 is 0 Å². The Balaban J connectivity index is 1.45. The number of hydrogen-bond donors (Lipinski definition) is 1. The van der Waals surface area contributed by atoms with Crippen LogP contribution < -0.4 is 10.1 Å². The number of anilines is 1. The van der Waals surface area contributed by atoms with Gasteiger partial charge in [0.25, 0.3) is 10.0 Å². The summed E-state index contributed by atoms with van der Waals surface area (Å²) in [7, 11) is -2.32. The van der Waals surface area contributed by atoms with E-state index in [9.17, 15) is 13.2 Å². The van der Waals surface area contributed by atoms with Gasteiger partial charge < -0.3 is 10.1 Å². The van der Waals surface area contributed by atoms with Gasteiger partial charge in [-0.15, -0.1) is 10.2 Å². The second kappa shape index (κ2) is 11.8. The third kappa shape index (κ3) is 5.52. The molecular weight excluding hydrogens is 583 g/mol. The Morgan fingerprint density at radius 1 is 0.907 bits per heavy atom. The molecule has 2 aromatic heterocycles. The molecule has 0 bridgehead atoms. The topological polar surface area (TPSA) is 108 Å². The molecule has 43 heavy (non-hydrogen) atoms. The molecule has 216 valence electrons. The summed E-state index contributed by atoms with van der Waals surface area (Å²) in [5, 5.41) is 13.1. The zero-order valence-electron chi connectivity index (χ0n) is 23.3. The highest BCUT2D eigenvalue weighted by molar-refractivity contribution is 7.99. The molecule has 0 saturated carbocycles. The number of ether oxygens (including phenoxy) is 1. The van der Waals surface area contributed by atoms with E-state index in [1.165, 1.54) is 15.7 Å². The molecule has 6 rings (SSSR count). The maximum absolute atomic E-state index is 13.7. The number of carbonyl (C=O) groups is 1. The molecule has 0 radical (unpaired) electrons. The Bertz CT molecular complexity index is 2050. The molecule has 0 atom stereocenters. The standard InChI is InChI=1S/C32H27N5O4S2/c1-22-11-6-8-17-28(22)33-30(38)21-42-32-35-34-31(37(32)23-12-10-13-24(19-23)41-2)27-20-36(29-18-9-7-16-26(27)29)43(39,40)25-14-4-3-5-15-25/h3-20H,21H2,1-2H3,(H,33,38). The summed E-state index contributed by atoms with van der Waals surface area (Å²) in [6.07, 6.45) is 1.58. The Morgan fingerprint density at radius 3 is 2.44 bits per heavy atom. The average molecular weight is 610 g/mol. The molecule has 0 aliphatic rings. The number of thioether (sulfide) groups is 1. The number of carbonyl (C=O) groups excluding carboxylic acids is 1. The fraction of sp³-hybridized carbons (Fsp3) is 0.0938. The number of hydrogen-bond acceptors (Lipinski definition) is 7. The van der Waals surface area contributed by atoms with E-state index in [4.69, 9.17) is 4.74 Å². The first-order valence-electron chi connectivity index (χ1n) is 13.4. The number of para-hydroxylation sites is 2. The molecule has 2 heterocycles. The molecule has 9 nitrogen and oxygen atoms in total. The van der Waals surface area contributed by atoms with Gasteiger partial charge in [-0.05, 0) is 48.9 Å². The normalized spacial score (nSPS) is 11.5. The van der Waals surface area contributed by atoms with Crippen LogP contribution in [0, 0.1) is 6.92 Å². The number of fused-ring (bicyclic) bond motifs is 1. The molecule has 0 unspecified atom stereocenters. The minimum absolute atomic E-state index is 0.0839. The number of benzene rings is 4. The number of methoxy groups -OCH3 is 1. The Hall–Kier alpha value is -4.87. The first kappa shape index (κ1) is 28.3. The van der Waals surface area contributed by atoms with Gasteiger partial charge in [0.15, 0.2) is 11.0 Å². The van der Waals surface area contributed by atoms with E-state index in [1.54, 1.807) is 55.8 Å². The van der Waals surface area contributed by atoms with Crippen LogP contribution in [0.3, 0.4) is 0 Å². The van der Waals surface area contributed by atoms with Crippen molar-refractivity contribution in [3.8, 4) is 22.8 Å². The molecule has 4 aromatic carbocycles. The van der Waals surface area contributed by atoms with Crippen LogP contribution >= 0.6 is 11.8 Å².